The van der Waals surface area contributed by atoms with E-state index in [-0.39, 0.29) is 30.3 Å². The highest BCUT2D eigenvalue weighted by Gasteiger charge is 2.16. The largest absolute Gasteiger partial charge is 0.459 e. The number of hydrogen-bond acceptors (Lipinski definition) is 4. The fourth-order valence-corrected chi connectivity index (χ4v) is 2.69. The molecule has 0 amide bonds. The SMILES string of the molecule is Fc1ccc(COc2ncc(F)c(NC3CCCCC3)n2)cc1. The van der Waals surface area contributed by atoms with Gasteiger partial charge in [-0.1, -0.05) is 31.4 Å². The first-order valence-electron chi connectivity index (χ1n) is 7.87. The Bertz CT molecular complexity index is 643. The van der Waals surface area contributed by atoms with Gasteiger partial charge in [-0.2, -0.15) is 4.98 Å². The number of ether oxygens (including phenoxy) is 1. The minimum Gasteiger partial charge on any atom is -0.459 e. The van der Waals surface area contributed by atoms with Crippen LogP contribution in [-0.4, -0.2) is 16.0 Å². The molecule has 6 heteroatoms. The van der Waals surface area contributed by atoms with Crippen LogP contribution in [0.3, 0.4) is 0 Å². The Balaban J connectivity index is 1.63. The summed E-state index contributed by atoms with van der Waals surface area (Å²) in [5.41, 5.74) is 0.793. The van der Waals surface area contributed by atoms with Gasteiger partial charge in [-0.3, -0.25) is 0 Å². The maximum Gasteiger partial charge on any atom is 0.318 e. The van der Waals surface area contributed by atoms with Crippen LogP contribution in [0.25, 0.3) is 0 Å². The first kappa shape index (κ1) is 15.6. The van der Waals surface area contributed by atoms with E-state index in [2.05, 4.69) is 15.3 Å². The van der Waals surface area contributed by atoms with Gasteiger partial charge in [-0.05, 0) is 30.5 Å². The molecule has 0 saturated heterocycles. The molecule has 1 N–H and O–H groups in total. The number of nitrogens with one attached hydrogen (secondary N) is 1. The second-order valence-electron chi connectivity index (χ2n) is 5.74. The summed E-state index contributed by atoms with van der Waals surface area (Å²) in [6.07, 6.45) is 6.69. The summed E-state index contributed by atoms with van der Waals surface area (Å²) in [5.74, 6) is -0.600. The van der Waals surface area contributed by atoms with Crippen LogP contribution >= 0.6 is 0 Å². The van der Waals surface area contributed by atoms with Gasteiger partial charge in [0.15, 0.2) is 11.6 Å². The maximum atomic E-state index is 13.8. The lowest BCUT2D eigenvalue weighted by atomic mass is 9.95. The minimum atomic E-state index is -0.482. The molecule has 0 unspecified atom stereocenters. The summed E-state index contributed by atoms with van der Waals surface area (Å²) < 4.78 is 32.2. The Morgan fingerprint density at radius 3 is 2.57 bits per heavy atom. The Kier molecular flexibility index (Phi) is 5.00. The number of rotatable bonds is 5. The van der Waals surface area contributed by atoms with Crippen LogP contribution in [0.1, 0.15) is 37.7 Å². The van der Waals surface area contributed by atoms with Crippen molar-refractivity contribution in [1.29, 1.82) is 0 Å². The van der Waals surface area contributed by atoms with E-state index >= 15 is 0 Å². The topological polar surface area (TPSA) is 47.0 Å². The lowest BCUT2D eigenvalue weighted by Gasteiger charge is -2.23. The monoisotopic (exact) mass is 319 g/mol. The van der Waals surface area contributed by atoms with Crippen molar-refractivity contribution in [3.8, 4) is 6.01 Å². The molecule has 0 bridgehead atoms. The summed E-state index contributed by atoms with van der Waals surface area (Å²) in [7, 11) is 0. The lowest BCUT2D eigenvalue weighted by molar-refractivity contribution is 0.279. The van der Waals surface area contributed by atoms with Crippen molar-refractivity contribution >= 4 is 5.82 Å². The predicted octanol–water partition coefficient (Wildman–Crippen LogP) is 4.08. The average Bonchev–Trinajstić information content (AvgIpc) is 2.58. The summed E-state index contributed by atoms with van der Waals surface area (Å²) in [6.45, 7) is 0.203. The molecular formula is C17H19F2N3O. The van der Waals surface area contributed by atoms with Gasteiger partial charge in [0.1, 0.15) is 12.4 Å². The molecule has 1 aromatic carbocycles. The van der Waals surface area contributed by atoms with Crippen LogP contribution < -0.4 is 10.1 Å². The Hall–Kier alpha value is -2.24. The quantitative estimate of drug-likeness (QED) is 0.902. The standard InChI is InChI=1S/C17H19F2N3O/c18-13-8-6-12(7-9-13)11-23-17-20-10-15(19)16(22-17)21-14-4-2-1-3-5-14/h6-10,14H,1-5,11H2,(H,20,21,22). The highest BCUT2D eigenvalue weighted by atomic mass is 19.1. The Morgan fingerprint density at radius 2 is 1.83 bits per heavy atom. The van der Waals surface area contributed by atoms with Gasteiger partial charge >= 0.3 is 6.01 Å². The van der Waals surface area contributed by atoms with E-state index in [1.54, 1.807) is 12.1 Å². The molecule has 1 fully saturated rings. The Labute approximate surface area is 133 Å². The van der Waals surface area contributed by atoms with Crippen LogP contribution in [0.4, 0.5) is 14.6 Å². The van der Waals surface area contributed by atoms with Gasteiger partial charge < -0.3 is 10.1 Å². The molecule has 1 saturated carbocycles. The highest BCUT2D eigenvalue weighted by molar-refractivity contribution is 5.37. The second-order valence-corrected chi connectivity index (χ2v) is 5.74. The van der Waals surface area contributed by atoms with Gasteiger partial charge in [-0.15, -0.1) is 0 Å². The molecule has 1 heterocycles. The zero-order valence-electron chi connectivity index (χ0n) is 12.8. The average molecular weight is 319 g/mol. The molecule has 122 valence electrons. The van der Waals surface area contributed by atoms with E-state index in [4.69, 9.17) is 4.74 Å². The number of halogens is 2. The van der Waals surface area contributed by atoms with E-state index in [0.29, 0.717) is 0 Å². The summed E-state index contributed by atoms with van der Waals surface area (Å²) in [5, 5.41) is 3.14. The second kappa shape index (κ2) is 7.35. The van der Waals surface area contributed by atoms with Gasteiger partial charge in [-0.25, -0.2) is 13.8 Å². The van der Waals surface area contributed by atoms with Crippen LogP contribution in [0.15, 0.2) is 30.5 Å². The summed E-state index contributed by atoms with van der Waals surface area (Å²) >= 11 is 0. The number of aromatic nitrogens is 2. The van der Waals surface area contributed by atoms with Crippen molar-refractivity contribution in [1.82, 2.24) is 9.97 Å². The van der Waals surface area contributed by atoms with Gasteiger partial charge in [0.25, 0.3) is 0 Å². The molecule has 23 heavy (non-hydrogen) atoms. The van der Waals surface area contributed by atoms with Crippen molar-refractivity contribution in [2.45, 2.75) is 44.8 Å². The van der Waals surface area contributed by atoms with Crippen LogP contribution in [-0.2, 0) is 6.61 Å². The molecule has 2 aromatic rings. The molecule has 0 aliphatic heterocycles. The third-order valence-electron chi connectivity index (χ3n) is 3.95. The van der Waals surface area contributed by atoms with E-state index < -0.39 is 5.82 Å². The normalized spacial score (nSPS) is 15.4. The maximum absolute atomic E-state index is 13.8. The summed E-state index contributed by atoms with van der Waals surface area (Å²) in [6, 6.07) is 6.33. The predicted molar refractivity (Wildman–Crippen MR) is 83.2 cm³/mol. The third kappa shape index (κ3) is 4.37. The first-order chi connectivity index (χ1) is 11.2. The number of benzene rings is 1. The molecule has 4 nitrogen and oxygen atoms in total. The van der Waals surface area contributed by atoms with Crippen molar-refractivity contribution < 1.29 is 13.5 Å². The fourth-order valence-electron chi connectivity index (χ4n) is 2.69. The van der Waals surface area contributed by atoms with Gasteiger partial charge in [0, 0.05) is 6.04 Å². The molecule has 0 radical (unpaired) electrons. The van der Waals surface area contributed by atoms with Crippen molar-refractivity contribution in [3.05, 3.63) is 47.7 Å². The van der Waals surface area contributed by atoms with Gasteiger partial charge in [0.2, 0.25) is 0 Å². The molecule has 3 rings (SSSR count). The Morgan fingerprint density at radius 1 is 1.09 bits per heavy atom. The number of hydrogen-bond donors (Lipinski definition) is 1. The lowest BCUT2D eigenvalue weighted by Crippen LogP contribution is -2.23. The van der Waals surface area contributed by atoms with Crippen LogP contribution in [0.5, 0.6) is 6.01 Å². The smallest absolute Gasteiger partial charge is 0.318 e. The molecule has 0 atom stereocenters. The number of nitrogens with zero attached hydrogens (tertiary/aromatic N) is 2. The fraction of sp³-hybridized carbons (Fsp3) is 0.412. The third-order valence-corrected chi connectivity index (χ3v) is 3.95. The van der Waals surface area contributed by atoms with E-state index in [1.807, 2.05) is 0 Å². The van der Waals surface area contributed by atoms with Crippen LogP contribution in [0.2, 0.25) is 0 Å². The highest BCUT2D eigenvalue weighted by Crippen LogP contribution is 2.23. The molecular weight excluding hydrogens is 300 g/mol. The molecule has 1 aliphatic rings. The van der Waals surface area contributed by atoms with Crippen molar-refractivity contribution in [2.75, 3.05) is 5.32 Å². The zero-order valence-corrected chi connectivity index (χ0v) is 12.8. The van der Waals surface area contributed by atoms with Crippen LogP contribution in [0, 0.1) is 11.6 Å². The van der Waals surface area contributed by atoms with E-state index in [0.717, 1.165) is 37.4 Å². The molecule has 1 aromatic heterocycles. The van der Waals surface area contributed by atoms with Crippen molar-refractivity contribution in [3.63, 3.8) is 0 Å². The molecule has 1 aliphatic carbocycles. The van der Waals surface area contributed by atoms with Crippen molar-refractivity contribution in [2.24, 2.45) is 0 Å². The summed E-state index contributed by atoms with van der Waals surface area (Å²) in [4.78, 5) is 7.95. The molecule has 0 spiro atoms. The first-order valence-corrected chi connectivity index (χ1v) is 7.87. The zero-order chi connectivity index (χ0) is 16.1. The van der Waals surface area contributed by atoms with E-state index in [1.165, 1.54) is 18.6 Å². The number of anilines is 1. The minimum absolute atomic E-state index is 0.106. The van der Waals surface area contributed by atoms with E-state index in [9.17, 15) is 8.78 Å². The van der Waals surface area contributed by atoms with Gasteiger partial charge in [0.05, 0.1) is 6.20 Å².